The van der Waals surface area contributed by atoms with Crippen molar-refractivity contribution in [2.75, 3.05) is 0 Å². The molecule has 0 saturated carbocycles. The van der Waals surface area contributed by atoms with Crippen LogP contribution < -0.4 is 51.4 Å². The topological polar surface area (TPSA) is 57.2 Å². The van der Waals surface area contributed by atoms with Gasteiger partial charge in [-0.25, -0.2) is 8.42 Å². The Kier molecular flexibility index (Phi) is 10.4. The van der Waals surface area contributed by atoms with Gasteiger partial charge in [-0.2, -0.15) is 0 Å². The van der Waals surface area contributed by atoms with Gasteiger partial charge in [-0.05, 0) is 59.7 Å². The molecule has 0 saturated heterocycles. The van der Waals surface area contributed by atoms with E-state index in [0.717, 1.165) is 73.3 Å². The Morgan fingerprint density at radius 1 is 0.840 bits per heavy atom. The van der Waals surface area contributed by atoms with E-state index < -0.39 is 10.1 Å². The molecule has 0 aromatic heterocycles. The zero-order valence-electron chi connectivity index (χ0n) is 15.7. The van der Waals surface area contributed by atoms with E-state index in [-0.39, 0.29) is 56.3 Å². The van der Waals surface area contributed by atoms with E-state index in [1.54, 1.807) is 12.1 Å². The normalized spacial score (nSPS) is 11.5. The summed E-state index contributed by atoms with van der Waals surface area (Å²) in [4.78, 5) is -0.0931. The summed E-state index contributed by atoms with van der Waals surface area (Å²) in [6.45, 7) is 4.31. The van der Waals surface area contributed by atoms with Crippen molar-refractivity contribution in [1.29, 1.82) is 0 Å². The van der Waals surface area contributed by atoms with Crippen LogP contribution in [-0.2, 0) is 23.0 Å². The Morgan fingerprint density at radius 3 is 2.00 bits per heavy atom. The number of aryl methyl sites for hydroxylation is 2. The van der Waals surface area contributed by atoms with Gasteiger partial charge in [0.05, 0.1) is 4.90 Å². The molecule has 0 heterocycles. The number of fused-ring (bicyclic) bond motifs is 1. The summed E-state index contributed by atoms with van der Waals surface area (Å²) in [5, 5.41) is 2.02. The molecule has 0 spiro atoms. The van der Waals surface area contributed by atoms with Gasteiger partial charge < -0.3 is 4.55 Å². The third kappa shape index (κ3) is 6.72. The van der Waals surface area contributed by atoms with E-state index in [0.29, 0.717) is 0 Å². The molecule has 0 amide bonds. The molecule has 5 heteroatoms. The smallest absolute Gasteiger partial charge is 0.744 e. The summed E-state index contributed by atoms with van der Waals surface area (Å²) < 4.78 is 34.7. The Morgan fingerprint density at radius 2 is 1.44 bits per heavy atom. The minimum absolute atomic E-state index is 0. The first-order valence-corrected chi connectivity index (χ1v) is 10.4. The van der Waals surface area contributed by atoms with Gasteiger partial charge in [-0.1, -0.05) is 57.7 Å². The fourth-order valence-corrected chi connectivity index (χ4v) is 3.75. The predicted octanol–water partition coefficient (Wildman–Crippen LogP) is 2.21. The van der Waals surface area contributed by atoms with Crippen LogP contribution in [0.1, 0.15) is 63.5 Å². The molecule has 0 aliphatic rings. The van der Waals surface area contributed by atoms with Crippen LogP contribution in [0.15, 0.2) is 35.2 Å². The number of benzene rings is 2. The molecule has 0 fully saturated rings. The minimum Gasteiger partial charge on any atom is -0.744 e. The molecule has 0 unspecified atom stereocenters. The van der Waals surface area contributed by atoms with E-state index in [4.69, 9.17) is 0 Å². The fraction of sp³-hybridized carbons (Fsp3) is 0.500. The predicted molar refractivity (Wildman–Crippen MR) is 98.4 cm³/mol. The SMILES string of the molecule is CCCCCc1cc(S(=O)(=O)[O-])cc2c(CCCCC)cccc12.[K+]. The first kappa shape index (κ1) is 23.3. The molecule has 0 aliphatic heterocycles. The number of hydrogen-bond acceptors (Lipinski definition) is 3. The van der Waals surface area contributed by atoms with Crippen molar-refractivity contribution in [2.45, 2.75) is 70.1 Å². The second-order valence-electron chi connectivity index (χ2n) is 6.46. The van der Waals surface area contributed by atoms with E-state index in [2.05, 4.69) is 19.9 Å². The summed E-state index contributed by atoms with van der Waals surface area (Å²) in [5.74, 6) is 0. The zero-order valence-corrected chi connectivity index (χ0v) is 19.6. The van der Waals surface area contributed by atoms with Crippen molar-refractivity contribution in [3.63, 3.8) is 0 Å². The molecule has 0 bridgehead atoms. The monoisotopic (exact) mass is 386 g/mol. The largest absolute Gasteiger partial charge is 1.00 e. The van der Waals surface area contributed by atoms with Crippen molar-refractivity contribution in [2.24, 2.45) is 0 Å². The van der Waals surface area contributed by atoms with Crippen molar-refractivity contribution in [3.8, 4) is 0 Å². The van der Waals surface area contributed by atoms with Crippen LogP contribution in [-0.4, -0.2) is 13.0 Å². The Balaban J connectivity index is 0.00000312. The molecule has 2 aromatic carbocycles. The van der Waals surface area contributed by atoms with Gasteiger partial charge in [0, 0.05) is 0 Å². The molecule has 0 N–H and O–H groups in total. The molecule has 0 aliphatic carbocycles. The average molecular weight is 387 g/mol. The molecule has 2 aromatic rings. The van der Waals surface area contributed by atoms with Gasteiger partial charge in [0.1, 0.15) is 10.1 Å². The number of unbranched alkanes of at least 4 members (excludes halogenated alkanes) is 4. The molecule has 132 valence electrons. The third-order valence-corrected chi connectivity index (χ3v) is 5.35. The van der Waals surface area contributed by atoms with Crippen LogP contribution in [0, 0.1) is 0 Å². The number of rotatable bonds is 9. The van der Waals surface area contributed by atoms with Gasteiger partial charge in [-0.3, -0.25) is 0 Å². The van der Waals surface area contributed by atoms with Crippen molar-refractivity contribution >= 4 is 20.9 Å². The van der Waals surface area contributed by atoms with Gasteiger partial charge in [0.15, 0.2) is 0 Å². The molecule has 0 atom stereocenters. The molecule has 2 rings (SSSR count). The van der Waals surface area contributed by atoms with Crippen LogP contribution in [0.4, 0.5) is 0 Å². The standard InChI is InChI=1S/C20H28O3S.K/c1-3-5-7-10-16-12-9-13-19-17(11-8-6-4-2)14-18(15-20(16)19)24(21,22)23;/h9,12-15H,3-8,10-11H2,1-2H3,(H,21,22,23);/q;+1/p-1. The second-order valence-corrected chi connectivity index (χ2v) is 7.84. The third-order valence-electron chi connectivity index (χ3n) is 4.53. The first-order valence-electron chi connectivity index (χ1n) is 8.97. The zero-order chi connectivity index (χ0) is 17.6. The maximum absolute atomic E-state index is 11.6. The Bertz CT molecular complexity index is 785. The van der Waals surface area contributed by atoms with Crippen LogP contribution >= 0.6 is 0 Å². The van der Waals surface area contributed by atoms with Crippen LogP contribution in [0.5, 0.6) is 0 Å². The molecule has 0 radical (unpaired) electrons. The van der Waals surface area contributed by atoms with Gasteiger partial charge >= 0.3 is 51.4 Å². The fourth-order valence-electron chi connectivity index (χ4n) is 3.20. The second kappa shape index (κ2) is 11.2. The van der Waals surface area contributed by atoms with E-state index in [1.165, 1.54) is 0 Å². The maximum atomic E-state index is 11.6. The van der Waals surface area contributed by atoms with Gasteiger partial charge in [-0.15, -0.1) is 0 Å². The minimum atomic E-state index is -4.44. The quantitative estimate of drug-likeness (QED) is 0.377. The molecular formula is C20H27KO3S. The summed E-state index contributed by atoms with van der Waals surface area (Å²) in [6, 6.07) is 9.28. The summed E-state index contributed by atoms with van der Waals surface area (Å²) >= 11 is 0. The summed E-state index contributed by atoms with van der Waals surface area (Å²) in [6.07, 6.45) is 8.33. The summed E-state index contributed by atoms with van der Waals surface area (Å²) in [7, 11) is -4.44. The maximum Gasteiger partial charge on any atom is 1.00 e. The van der Waals surface area contributed by atoms with Gasteiger partial charge in [0.25, 0.3) is 0 Å². The van der Waals surface area contributed by atoms with Crippen LogP contribution in [0.25, 0.3) is 10.8 Å². The molecule has 3 nitrogen and oxygen atoms in total. The molecular weight excluding hydrogens is 359 g/mol. The van der Waals surface area contributed by atoms with Crippen molar-refractivity contribution in [3.05, 3.63) is 41.5 Å². The first-order chi connectivity index (χ1) is 11.5. The van der Waals surface area contributed by atoms with Gasteiger partial charge in [0.2, 0.25) is 0 Å². The summed E-state index contributed by atoms with van der Waals surface area (Å²) in [5.41, 5.74) is 2.12. The van der Waals surface area contributed by atoms with Crippen LogP contribution in [0.2, 0.25) is 0 Å². The Labute approximate surface area is 194 Å². The van der Waals surface area contributed by atoms with Crippen LogP contribution in [0.3, 0.4) is 0 Å². The van der Waals surface area contributed by atoms with E-state index in [1.807, 2.05) is 12.1 Å². The number of hydrogen-bond donors (Lipinski definition) is 0. The van der Waals surface area contributed by atoms with E-state index in [9.17, 15) is 13.0 Å². The Hall–Kier alpha value is 0.246. The van der Waals surface area contributed by atoms with Crippen molar-refractivity contribution in [1.82, 2.24) is 0 Å². The van der Waals surface area contributed by atoms with Crippen molar-refractivity contribution < 1.29 is 64.4 Å². The molecule has 25 heavy (non-hydrogen) atoms. The van der Waals surface area contributed by atoms with E-state index >= 15 is 0 Å². The average Bonchev–Trinajstić information content (AvgIpc) is 2.54.